The average molecular weight is 418 g/mol. The van der Waals surface area contributed by atoms with Crippen molar-refractivity contribution in [3.05, 3.63) is 53.9 Å². The summed E-state index contributed by atoms with van der Waals surface area (Å²) in [5.74, 6) is 0.471. The van der Waals surface area contributed by atoms with Gasteiger partial charge in [0.05, 0.1) is 11.5 Å². The van der Waals surface area contributed by atoms with Crippen LogP contribution in [-0.4, -0.2) is 36.8 Å². The van der Waals surface area contributed by atoms with Crippen molar-refractivity contribution in [3.8, 4) is 17.0 Å². The van der Waals surface area contributed by atoms with Crippen LogP contribution in [0.25, 0.3) is 11.3 Å². The number of carbonyl (C=O) groups is 1. The fourth-order valence-electron chi connectivity index (χ4n) is 2.44. The molecule has 1 N–H and O–H groups in total. The molecule has 1 aromatic heterocycles. The van der Waals surface area contributed by atoms with E-state index in [1.165, 1.54) is 23.7 Å². The molecule has 1 heterocycles. The number of amides is 1. The fourth-order valence-corrected chi connectivity index (χ4v) is 3.54. The Kier molecular flexibility index (Phi) is 6.37. The molecule has 0 spiro atoms. The Morgan fingerprint density at radius 2 is 1.82 bits per heavy atom. The number of sulfone groups is 1. The number of aromatic nitrogens is 2. The van der Waals surface area contributed by atoms with Gasteiger partial charge in [0.2, 0.25) is 5.91 Å². The van der Waals surface area contributed by atoms with E-state index in [2.05, 4.69) is 14.9 Å². The quantitative estimate of drug-likeness (QED) is 0.564. The molecule has 0 saturated heterocycles. The average Bonchev–Trinajstić information content (AvgIpc) is 3.20. The number of nitrogens with one attached hydrogen (secondary N) is 1. The number of hydrogen-bond donors (Lipinski definition) is 1. The van der Waals surface area contributed by atoms with Crippen LogP contribution in [0, 0.1) is 0 Å². The Labute approximate surface area is 167 Å². The second-order valence-electron chi connectivity index (χ2n) is 6.11. The molecule has 3 rings (SSSR count). The molecule has 146 valence electrons. The zero-order chi connectivity index (χ0) is 20.0. The van der Waals surface area contributed by atoms with Crippen molar-refractivity contribution >= 4 is 33.0 Å². The number of carbonyl (C=O) groups excluding carboxylic acids is 1. The number of rotatable bonds is 8. The molecule has 0 aliphatic carbocycles. The molecule has 1 amide bonds. The first-order valence-corrected chi connectivity index (χ1v) is 11.2. The maximum Gasteiger partial charge on any atom is 0.224 e. The van der Waals surface area contributed by atoms with E-state index in [4.69, 9.17) is 4.74 Å². The Balaban J connectivity index is 1.41. The first kappa shape index (κ1) is 20.0. The molecular weight excluding hydrogens is 398 g/mol. The third-order valence-electron chi connectivity index (χ3n) is 3.89. The van der Waals surface area contributed by atoms with Crippen LogP contribution < -0.4 is 10.1 Å². The smallest absolute Gasteiger partial charge is 0.224 e. The molecule has 0 atom stereocenters. The molecule has 7 nitrogen and oxygen atoms in total. The van der Waals surface area contributed by atoms with Crippen LogP contribution >= 0.6 is 11.5 Å². The van der Waals surface area contributed by atoms with Gasteiger partial charge in [-0.15, -0.1) is 5.10 Å². The number of hydrogen-bond acceptors (Lipinski definition) is 7. The van der Waals surface area contributed by atoms with Gasteiger partial charge in [0.15, 0.2) is 9.84 Å². The van der Waals surface area contributed by atoms with E-state index in [1.54, 1.807) is 12.1 Å². The predicted octanol–water partition coefficient (Wildman–Crippen LogP) is 3.41. The van der Waals surface area contributed by atoms with Gasteiger partial charge in [-0.1, -0.05) is 16.6 Å². The minimum atomic E-state index is -3.22. The highest BCUT2D eigenvalue weighted by molar-refractivity contribution is 7.90. The van der Waals surface area contributed by atoms with E-state index in [9.17, 15) is 13.2 Å². The first-order chi connectivity index (χ1) is 13.4. The van der Waals surface area contributed by atoms with E-state index in [-0.39, 0.29) is 10.8 Å². The van der Waals surface area contributed by atoms with Crippen molar-refractivity contribution in [3.63, 3.8) is 0 Å². The van der Waals surface area contributed by atoms with Gasteiger partial charge >= 0.3 is 0 Å². The molecule has 0 aliphatic heterocycles. The molecule has 0 saturated carbocycles. The largest absolute Gasteiger partial charge is 0.494 e. The summed E-state index contributed by atoms with van der Waals surface area (Å²) >= 11 is 1.29. The van der Waals surface area contributed by atoms with E-state index in [1.807, 2.05) is 29.6 Å². The Morgan fingerprint density at radius 3 is 2.43 bits per heavy atom. The van der Waals surface area contributed by atoms with Gasteiger partial charge in [-0.2, -0.15) is 0 Å². The van der Waals surface area contributed by atoms with Crippen molar-refractivity contribution in [2.45, 2.75) is 17.7 Å². The topological polar surface area (TPSA) is 98.2 Å². The summed E-state index contributed by atoms with van der Waals surface area (Å²) in [6, 6.07) is 13.6. The van der Waals surface area contributed by atoms with Gasteiger partial charge < -0.3 is 10.1 Å². The lowest BCUT2D eigenvalue weighted by Gasteiger charge is -2.08. The lowest BCUT2D eigenvalue weighted by Crippen LogP contribution is -2.12. The summed E-state index contributed by atoms with van der Waals surface area (Å²) in [6.45, 7) is 0.363. The van der Waals surface area contributed by atoms with Gasteiger partial charge in [0, 0.05) is 29.3 Å². The van der Waals surface area contributed by atoms with Gasteiger partial charge in [0.25, 0.3) is 0 Å². The van der Waals surface area contributed by atoms with Crippen LogP contribution in [0.2, 0.25) is 0 Å². The van der Waals surface area contributed by atoms with Crippen LogP contribution in [0.4, 0.5) is 5.69 Å². The summed E-state index contributed by atoms with van der Waals surface area (Å²) in [4.78, 5) is 12.3. The van der Waals surface area contributed by atoms with E-state index in [0.29, 0.717) is 30.9 Å². The molecule has 0 bridgehead atoms. The lowest BCUT2D eigenvalue weighted by atomic mass is 10.1. The van der Waals surface area contributed by atoms with E-state index >= 15 is 0 Å². The van der Waals surface area contributed by atoms with E-state index in [0.717, 1.165) is 17.5 Å². The van der Waals surface area contributed by atoms with Crippen molar-refractivity contribution in [2.75, 3.05) is 18.2 Å². The molecule has 0 unspecified atom stereocenters. The SMILES string of the molecule is CS(=O)(=O)c1ccc(OCCCC(=O)Nc2ccc(-c3csnn3)cc2)cc1. The van der Waals surface area contributed by atoms with Crippen LogP contribution in [0.5, 0.6) is 5.75 Å². The van der Waals surface area contributed by atoms with Gasteiger partial charge in [-0.3, -0.25) is 4.79 Å². The number of benzene rings is 2. The molecule has 0 radical (unpaired) electrons. The van der Waals surface area contributed by atoms with Gasteiger partial charge in [-0.25, -0.2) is 8.42 Å². The standard InChI is InChI=1S/C19H19N3O4S2/c1-28(24,25)17-10-8-16(9-11-17)26-12-2-3-19(23)20-15-6-4-14(5-7-15)18-13-27-22-21-18/h4-11,13H,2-3,12H2,1H3,(H,20,23). The van der Waals surface area contributed by atoms with Crippen LogP contribution in [-0.2, 0) is 14.6 Å². The molecule has 28 heavy (non-hydrogen) atoms. The second-order valence-corrected chi connectivity index (χ2v) is 8.74. The Hall–Kier alpha value is -2.78. The third-order valence-corrected chi connectivity index (χ3v) is 5.53. The minimum absolute atomic E-state index is 0.0981. The zero-order valence-corrected chi connectivity index (χ0v) is 16.8. The van der Waals surface area contributed by atoms with Crippen molar-refractivity contribution < 1.29 is 17.9 Å². The summed E-state index contributed by atoms with van der Waals surface area (Å²) < 4.78 is 32.2. The number of anilines is 1. The monoisotopic (exact) mass is 417 g/mol. The van der Waals surface area contributed by atoms with Crippen molar-refractivity contribution in [1.82, 2.24) is 9.59 Å². The molecule has 9 heteroatoms. The summed E-state index contributed by atoms with van der Waals surface area (Å²) in [5, 5.41) is 8.71. The molecular formula is C19H19N3O4S2. The molecule has 3 aromatic rings. The highest BCUT2D eigenvalue weighted by Gasteiger charge is 2.07. The summed E-state index contributed by atoms with van der Waals surface area (Å²) in [7, 11) is -3.22. The van der Waals surface area contributed by atoms with Crippen molar-refractivity contribution in [2.24, 2.45) is 0 Å². The molecule has 0 fully saturated rings. The van der Waals surface area contributed by atoms with Crippen LogP contribution in [0.1, 0.15) is 12.8 Å². The molecule has 2 aromatic carbocycles. The maximum absolute atomic E-state index is 12.0. The summed E-state index contributed by atoms with van der Waals surface area (Å²) in [6.07, 6.45) is 2.02. The van der Waals surface area contributed by atoms with Gasteiger partial charge in [0.1, 0.15) is 11.4 Å². The predicted molar refractivity (Wildman–Crippen MR) is 108 cm³/mol. The third kappa shape index (κ3) is 5.61. The second kappa shape index (κ2) is 8.94. The van der Waals surface area contributed by atoms with Crippen molar-refractivity contribution in [1.29, 1.82) is 0 Å². The zero-order valence-electron chi connectivity index (χ0n) is 15.2. The van der Waals surface area contributed by atoms with E-state index < -0.39 is 9.84 Å². The highest BCUT2D eigenvalue weighted by Crippen LogP contribution is 2.20. The Morgan fingerprint density at radius 1 is 1.11 bits per heavy atom. The first-order valence-electron chi connectivity index (χ1n) is 8.52. The highest BCUT2D eigenvalue weighted by atomic mass is 32.2. The minimum Gasteiger partial charge on any atom is -0.494 e. The number of nitrogens with zero attached hydrogens (tertiary/aromatic N) is 2. The van der Waals surface area contributed by atoms with Gasteiger partial charge in [-0.05, 0) is 54.4 Å². The maximum atomic E-state index is 12.0. The van der Waals surface area contributed by atoms with Crippen LogP contribution in [0.15, 0.2) is 58.8 Å². The fraction of sp³-hybridized carbons (Fsp3) is 0.211. The Bertz CT molecular complexity index is 1020. The summed E-state index contributed by atoms with van der Waals surface area (Å²) in [5.41, 5.74) is 2.47. The number of ether oxygens (including phenoxy) is 1. The molecule has 0 aliphatic rings. The lowest BCUT2D eigenvalue weighted by molar-refractivity contribution is -0.116. The van der Waals surface area contributed by atoms with Crippen LogP contribution in [0.3, 0.4) is 0 Å². The normalized spacial score (nSPS) is 11.2.